The van der Waals surface area contributed by atoms with Crippen molar-refractivity contribution in [1.29, 1.82) is 5.26 Å². The van der Waals surface area contributed by atoms with Crippen LogP contribution in [0.3, 0.4) is 0 Å². The van der Waals surface area contributed by atoms with Crippen LogP contribution in [0.1, 0.15) is 50.3 Å². The van der Waals surface area contributed by atoms with E-state index in [4.69, 9.17) is 9.72 Å². The molecule has 0 aliphatic heterocycles. The Bertz CT molecular complexity index is 1070. The number of unbranched alkanes of at least 4 members (excludes halogenated alkanes) is 1. The highest BCUT2D eigenvalue weighted by Crippen LogP contribution is 2.32. The van der Waals surface area contributed by atoms with Gasteiger partial charge in [-0.25, -0.2) is 4.98 Å². The van der Waals surface area contributed by atoms with Gasteiger partial charge in [-0.1, -0.05) is 25.1 Å². The molecule has 3 rings (SSSR count). The Morgan fingerprint density at radius 2 is 2.10 bits per heavy atom. The molecule has 5 nitrogen and oxygen atoms in total. The summed E-state index contributed by atoms with van der Waals surface area (Å²) in [5.74, 6) is 1.28. The standard InChI is InChI=1S/C24H25N3O2S/c1-4-20-17(8-5-6-13-28)9-7-10-21(20)23-26-24(30-27-23)18-11-12-22(29-16(2)3)19(14-18)15-25/h7,9-14,16H,4-6,8H2,1-3H3. The van der Waals surface area contributed by atoms with Gasteiger partial charge in [-0.05, 0) is 74.0 Å². The van der Waals surface area contributed by atoms with Crippen molar-refractivity contribution in [3.63, 3.8) is 0 Å². The Hall–Kier alpha value is -3.04. The van der Waals surface area contributed by atoms with Gasteiger partial charge < -0.3 is 9.53 Å². The summed E-state index contributed by atoms with van der Waals surface area (Å²) in [6.45, 7) is 6.00. The van der Waals surface area contributed by atoms with Gasteiger partial charge in [0.2, 0.25) is 0 Å². The molecule has 0 unspecified atom stereocenters. The lowest BCUT2D eigenvalue weighted by molar-refractivity contribution is -0.107. The fraction of sp³-hybridized carbons (Fsp3) is 0.333. The molecule has 0 radical (unpaired) electrons. The first kappa shape index (κ1) is 21.7. The van der Waals surface area contributed by atoms with E-state index in [1.807, 2.05) is 38.1 Å². The van der Waals surface area contributed by atoms with Crippen LogP contribution in [0.25, 0.3) is 22.0 Å². The van der Waals surface area contributed by atoms with E-state index in [0.29, 0.717) is 23.6 Å². The summed E-state index contributed by atoms with van der Waals surface area (Å²) in [5, 5.41) is 10.3. The average molecular weight is 420 g/mol. The van der Waals surface area contributed by atoms with Crippen molar-refractivity contribution >= 4 is 17.8 Å². The molecule has 6 heteroatoms. The lowest BCUT2D eigenvalue weighted by atomic mass is 9.95. The van der Waals surface area contributed by atoms with Gasteiger partial charge in [0.1, 0.15) is 23.1 Å². The Morgan fingerprint density at radius 1 is 1.27 bits per heavy atom. The molecule has 1 aromatic heterocycles. The second-order valence-corrected chi connectivity index (χ2v) is 8.02. The molecule has 0 bridgehead atoms. The molecule has 0 saturated carbocycles. The first-order valence-electron chi connectivity index (χ1n) is 10.2. The Labute approximate surface area is 181 Å². The van der Waals surface area contributed by atoms with Crippen molar-refractivity contribution < 1.29 is 9.53 Å². The van der Waals surface area contributed by atoms with Gasteiger partial charge in [-0.3, -0.25) is 0 Å². The second kappa shape index (κ2) is 10.1. The molecule has 0 aliphatic carbocycles. The molecular formula is C24H25N3O2S. The Morgan fingerprint density at radius 3 is 2.80 bits per heavy atom. The van der Waals surface area contributed by atoms with Crippen LogP contribution in [-0.4, -0.2) is 21.7 Å². The van der Waals surface area contributed by atoms with E-state index >= 15 is 0 Å². The summed E-state index contributed by atoms with van der Waals surface area (Å²) >= 11 is 1.33. The monoisotopic (exact) mass is 419 g/mol. The first-order valence-corrected chi connectivity index (χ1v) is 10.9. The summed E-state index contributed by atoms with van der Waals surface area (Å²) in [6, 6.07) is 13.9. The SMILES string of the molecule is CCc1c(CCCC=O)cccc1-c1nsc(-c2ccc(OC(C)C)c(C#N)c2)n1. The molecule has 30 heavy (non-hydrogen) atoms. The average Bonchev–Trinajstić information content (AvgIpc) is 3.23. The van der Waals surface area contributed by atoms with Gasteiger partial charge in [-0.2, -0.15) is 9.64 Å². The first-order chi connectivity index (χ1) is 14.6. The Balaban J connectivity index is 1.93. The maximum Gasteiger partial charge on any atom is 0.173 e. The molecule has 0 fully saturated rings. The quantitative estimate of drug-likeness (QED) is 0.333. The van der Waals surface area contributed by atoms with Crippen molar-refractivity contribution in [2.24, 2.45) is 0 Å². The minimum absolute atomic E-state index is 0.00218. The summed E-state index contributed by atoms with van der Waals surface area (Å²) < 4.78 is 10.3. The number of carbonyl (C=O) groups is 1. The van der Waals surface area contributed by atoms with Crippen molar-refractivity contribution in [3.8, 4) is 33.8 Å². The third-order valence-corrected chi connectivity index (χ3v) is 5.54. The van der Waals surface area contributed by atoms with E-state index in [-0.39, 0.29) is 6.10 Å². The predicted octanol–water partition coefficient (Wildman–Crippen LogP) is 5.61. The van der Waals surface area contributed by atoms with Gasteiger partial charge in [0.05, 0.1) is 11.7 Å². The second-order valence-electron chi connectivity index (χ2n) is 7.27. The van der Waals surface area contributed by atoms with E-state index in [0.717, 1.165) is 41.7 Å². The molecule has 1 heterocycles. The lowest BCUT2D eigenvalue weighted by Crippen LogP contribution is -2.06. The van der Waals surface area contributed by atoms with Crippen LogP contribution in [0.5, 0.6) is 5.75 Å². The van der Waals surface area contributed by atoms with Crippen LogP contribution >= 0.6 is 11.5 Å². The third-order valence-electron chi connectivity index (χ3n) is 4.77. The number of benzene rings is 2. The Kier molecular flexibility index (Phi) is 7.31. The predicted molar refractivity (Wildman–Crippen MR) is 120 cm³/mol. The molecule has 0 saturated heterocycles. The highest BCUT2D eigenvalue weighted by Gasteiger charge is 2.15. The molecule has 2 aromatic carbocycles. The van der Waals surface area contributed by atoms with Gasteiger partial charge >= 0.3 is 0 Å². The van der Waals surface area contributed by atoms with E-state index in [1.54, 1.807) is 6.07 Å². The number of carbonyl (C=O) groups excluding carboxylic acids is 1. The number of aromatic nitrogens is 2. The maximum atomic E-state index is 10.6. The number of aryl methyl sites for hydroxylation is 1. The van der Waals surface area contributed by atoms with Crippen LogP contribution in [0.4, 0.5) is 0 Å². The van der Waals surface area contributed by atoms with Crippen molar-refractivity contribution in [2.75, 3.05) is 0 Å². The van der Waals surface area contributed by atoms with Crippen LogP contribution < -0.4 is 4.74 Å². The third kappa shape index (κ3) is 4.92. The highest BCUT2D eigenvalue weighted by molar-refractivity contribution is 7.09. The van der Waals surface area contributed by atoms with Crippen LogP contribution in [0.2, 0.25) is 0 Å². The molecule has 0 aliphatic rings. The van der Waals surface area contributed by atoms with E-state index in [2.05, 4.69) is 23.4 Å². The van der Waals surface area contributed by atoms with E-state index in [9.17, 15) is 10.1 Å². The van der Waals surface area contributed by atoms with Gasteiger partial charge in [0.15, 0.2) is 5.82 Å². The van der Waals surface area contributed by atoms with Gasteiger partial charge in [0, 0.05) is 17.5 Å². The molecule has 0 amide bonds. The minimum Gasteiger partial charge on any atom is -0.490 e. The zero-order chi connectivity index (χ0) is 21.5. The summed E-state index contributed by atoms with van der Waals surface area (Å²) in [7, 11) is 0. The van der Waals surface area contributed by atoms with Crippen molar-refractivity contribution in [3.05, 3.63) is 53.1 Å². The maximum absolute atomic E-state index is 10.6. The van der Waals surface area contributed by atoms with Gasteiger partial charge in [0.25, 0.3) is 0 Å². The minimum atomic E-state index is 0.00218. The number of ether oxygens (including phenoxy) is 1. The van der Waals surface area contributed by atoms with E-state index < -0.39 is 0 Å². The highest BCUT2D eigenvalue weighted by atomic mass is 32.1. The number of nitriles is 1. The van der Waals surface area contributed by atoms with E-state index in [1.165, 1.54) is 22.7 Å². The topological polar surface area (TPSA) is 75.9 Å². The number of hydrogen-bond acceptors (Lipinski definition) is 6. The fourth-order valence-electron chi connectivity index (χ4n) is 3.43. The molecule has 3 aromatic rings. The summed E-state index contributed by atoms with van der Waals surface area (Å²) in [5.41, 5.74) is 4.85. The molecular weight excluding hydrogens is 394 g/mol. The number of hydrogen-bond donors (Lipinski definition) is 0. The summed E-state index contributed by atoms with van der Waals surface area (Å²) in [4.78, 5) is 15.4. The molecule has 0 N–H and O–H groups in total. The van der Waals surface area contributed by atoms with Crippen molar-refractivity contribution in [1.82, 2.24) is 9.36 Å². The molecule has 154 valence electrons. The number of rotatable bonds is 9. The smallest absolute Gasteiger partial charge is 0.173 e. The molecule has 0 atom stereocenters. The van der Waals surface area contributed by atoms with Crippen LogP contribution in [0, 0.1) is 11.3 Å². The summed E-state index contributed by atoms with van der Waals surface area (Å²) in [6.07, 6.45) is 4.14. The normalized spacial score (nSPS) is 10.8. The van der Waals surface area contributed by atoms with Gasteiger partial charge in [-0.15, -0.1) is 0 Å². The zero-order valence-corrected chi connectivity index (χ0v) is 18.3. The van der Waals surface area contributed by atoms with Crippen LogP contribution in [0.15, 0.2) is 36.4 Å². The lowest BCUT2D eigenvalue weighted by Gasteiger charge is -2.11. The fourth-order valence-corrected chi connectivity index (χ4v) is 4.10. The van der Waals surface area contributed by atoms with Crippen LogP contribution in [-0.2, 0) is 17.6 Å². The number of aldehydes is 1. The van der Waals surface area contributed by atoms with Crippen molar-refractivity contribution in [2.45, 2.75) is 52.6 Å². The zero-order valence-electron chi connectivity index (χ0n) is 17.5. The largest absolute Gasteiger partial charge is 0.490 e. The number of nitrogens with zero attached hydrogens (tertiary/aromatic N) is 3. The molecule has 0 spiro atoms.